The molecule has 1 aliphatic rings. The third-order valence-electron chi connectivity index (χ3n) is 3.69. The van der Waals surface area contributed by atoms with Gasteiger partial charge in [-0.1, -0.05) is 6.07 Å². The molecule has 23 heavy (non-hydrogen) atoms. The smallest absolute Gasteiger partial charge is 0.231 e. The summed E-state index contributed by atoms with van der Waals surface area (Å²) in [5.41, 5.74) is 0.936. The van der Waals surface area contributed by atoms with Gasteiger partial charge < -0.3 is 14.6 Å². The number of aliphatic hydroxyl groups is 1. The van der Waals surface area contributed by atoms with Gasteiger partial charge in [-0.2, -0.15) is 0 Å². The summed E-state index contributed by atoms with van der Waals surface area (Å²) < 4.78 is 37.4. The van der Waals surface area contributed by atoms with E-state index in [4.69, 9.17) is 9.47 Å². The average molecular weight is 321 g/mol. The van der Waals surface area contributed by atoms with E-state index >= 15 is 0 Å². The van der Waals surface area contributed by atoms with Gasteiger partial charge in [0.05, 0.1) is 6.10 Å². The lowest BCUT2D eigenvalue weighted by Gasteiger charge is -2.21. The first-order valence-corrected chi connectivity index (χ1v) is 7.23. The number of hydrogen-bond acceptors (Lipinski definition) is 4. The Labute approximate surface area is 132 Å². The van der Waals surface area contributed by atoms with Gasteiger partial charge in [-0.25, -0.2) is 8.78 Å². The molecule has 1 atom stereocenters. The number of ether oxygens (including phenoxy) is 2. The van der Waals surface area contributed by atoms with E-state index in [0.717, 1.165) is 23.8 Å². The van der Waals surface area contributed by atoms with E-state index in [0.29, 0.717) is 18.0 Å². The van der Waals surface area contributed by atoms with Gasteiger partial charge in [0.25, 0.3) is 0 Å². The number of rotatable bonds is 5. The third kappa shape index (κ3) is 3.60. The molecule has 0 saturated heterocycles. The fraction of sp³-hybridized carbons (Fsp3) is 0.294. The van der Waals surface area contributed by atoms with Crippen molar-refractivity contribution in [3.05, 3.63) is 59.2 Å². The molecule has 2 aromatic carbocycles. The van der Waals surface area contributed by atoms with Gasteiger partial charge in [0.1, 0.15) is 11.6 Å². The molecule has 1 aliphatic heterocycles. The van der Waals surface area contributed by atoms with Crippen molar-refractivity contribution in [2.24, 2.45) is 0 Å². The van der Waals surface area contributed by atoms with Gasteiger partial charge in [0.2, 0.25) is 6.79 Å². The maximum absolute atomic E-state index is 13.7. The number of benzene rings is 2. The summed E-state index contributed by atoms with van der Waals surface area (Å²) in [6.07, 6.45) is -1.11. The van der Waals surface area contributed by atoms with Gasteiger partial charge in [-0.3, -0.25) is 4.90 Å². The minimum Gasteiger partial charge on any atom is -0.454 e. The van der Waals surface area contributed by atoms with Crippen LogP contribution in [0.15, 0.2) is 36.4 Å². The molecule has 0 aromatic heterocycles. The van der Waals surface area contributed by atoms with Gasteiger partial charge in [-0.15, -0.1) is 0 Å². The standard InChI is InChI=1S/C17H17F2NO3/c1-20(8-11-2-5-16-17(6-11)23-10-22-16)9-15(21)13-7-12(18)3-4-14(13)19/h2-7,15,21H,8-10H2,1H3. The highest BCUT2D eigenvalue weighted by Crippen LogP contribution is 2.32. The summed E-state index contributed by atoms with van der Waals surface area (Å²) in [5.74, 6) is 0.208. The first-order valence-electron chi connectivity index (χ1n) is 7.23. The molecule has 1 heterocycles. The summed E-state index contributed by atoms with van der Waals surface area (Å²) >= 11 is 0. The minimum absolute atomic E-state index is 0.0393. The molecule has 3 rings (SSSR count). The Morgan fingerprint density at radius 1 is 1.13 bits per heavy atom. The summed E-state index contributed by atoms with van der Waals surface area (Å²) in [7, 11) is 1.80. The van der Waals surface area contributed by atoms with Crippen LogP contribution >= 0.6 is 0 Å². The highest BCUT2D eigenvalue weighted by molar-refractivity contribution is 5.44. The van der Waals surface area contributed by atoms with Gasteiger partial charge in [0.15, 0.2) is 11.5 Å². The van der Waals surface area contributed by atoms with Crippen LogP contribution in [0, 0.1) is 11.6 Å². The molecule has 122 valence electrons. The molecule has 0 spiro atoms. The Morgan fingerprint density at radius 2 is 1.91 bits per heavy atom. The Hall–Kier alpha value is -2.18. The molecule has 0 aliphatic carbocycles. The van der Waals surface area contributed by atoms with E-state index in [-0.39, 0.29) is 18.9 Å². The van der Waals surface area contributed by atoms with Crippen LogP contribution in [-0.4, -0.2) is 30.4 Å². The highest BCUT2D eigenvalue weighted by atomic mass is 19.1. The van der Waals surface area contributed by atoms with Crippen LogP contribution in [0.5, 0.6) is 11.5 Å². The second kappa shape index (κ2) is 6.52. The van der Waals surface area contributed by atoms with Crippen molar-refractivity contribution in [1.29, 1.82) is 0 Å². The number of fused-ring (bicyclic) bond motifs is 1. The van der Waals surface area contributed by atoms with E-state index in [9.17, 15) is 13.9 Å². The molecule has 0 radical (unpaired) electrons. The van der Waals surface area contributed by atoms with Crippen LogP contribution < -0.4 is 9.47 Å². The number of hydrogen-bond donors (Lipinski definition) is 1. The van der Waals surface area contributed by atoms with Crippen molar-refractivity contribution in [2.75, 3.05) is 20.4 Å². The quantitative estimate of drug-likeness (QED) is 0.919. The lowest BCUT2D eigenvalue weighted by molar-refractivity contribution is 0.120. The van der Waals surface area contributed by atoms with Crippen LogP contribution in [0.1, 0.15) is 17.2 Å². The number of nitrogens with zero attached hydrogens (tertiary/aromatic N) is 1. The second-order valence-corrected chi connectivity index (χ2v) is 5.57. The van der Waals surface area contributed by atoms with Gasteiger partial charge in [0, 0.05) is 18.7 Å². The normalized spacial score (nSPS) is 14.3. The van der Waals surface area contributed by atoms with Crippen molar-refractivity contribution in [1.82, 2.24) is 4.90 Å². The summed E-state index contributed by atoms with van der Waals surface area (Å²) in [6.45, 7) is 0.922. The lowest BCUT2D eigenvalue weighted by Crippen LogP contribution is -2.24. The zero-order valence-electron chi connectivity index (χ0n) is 12.6. The first kappa shape index (κ1) is 15.7. The third-order valence-corrected chi connectivity index (χ3v) is 3.69. The largest absolute Gasteiger partial charge is 0.454 e. The Morgan fingerprint density at radius 3 is 2.74 bits per heavy atom. The maximum Gasteiger partial charge on any atom is 0.231 e. The fourth-order valence-corrected chi connectivity index (χ4v) is 2.58. The van der Waals surface area contributed by atoms with E-state index in [1.165, 1.54) is 0 Å². The number of aliphatic hydroxyl groups excluding tert-OH is 1. The van der Waals surface area contributed by atoms with E-state index in [1.54, 1.807) is 7.05 Å². The molecule has 1 N–H and O–H groups in total. The Kier molecular flexibility index (Phi) is 4.45. The molecule has 0 saturated carbocycles. The molecule has 2 aromatic rings. The SMILES string of the molecule is CN(Cc1ccc2c(c1)OCO2)CC(O)c1cc(F)ccc1F. The topological polar surface area (TPSA) is 41.9 Å². The highest BCUT2D eigenvalue weighted by Gasteiger charge is 2.17. The molecule has 1 unspecified atom stereocenters. The molecule has 4 nitrogen and oxygen atoms in total. The molecule has 0 amide bonds. The zero-order chi connectivity index (χ0) is 16.4. The van der Waals surface area contributed by atoms with E-state index in [1.807, 2.05) is 23.1 Å². The predicted octanol–water partition coefficient (Wildman–Crippen LogP) is 2.86. The predicted molar refractivity (Wildman–Crippen MR) is 80.2 cm³/mol. The first-order chi connectivity index (χ1) is 11.0. The Balaban J connectivity index is 1.64. The average Bonchev–Trinajstić information content (AvgIpc) is 2.97. The monoisotopic (exact) mass is 321 g/mol. The molecular formula is C17H17F2NO3. The maximum atomic E-state index is 13.7. The summed E-state index contributed by atoms with van der Waals surface area (Å²) in [4.78, 5) is 1.83. The Bertz CT molecular complexity index is 708. The summed E-state index contributed by atoms with van der Waals surface area (Å²) in [5, 5.41) is 10.1. The number of halogens is 2. The van der Waals surface area contributed by atoms with Crippen molar-refractivity contribution >= 4 is 0 Å². The van der Waals surface area contributed by atoms with Crippen molar-refractivity contribution < 1.29 is 23.4 Å². The lowest BCUT2D eigenvalue weighted by atomic mass is 10.1. The van der Waals surface area contributed by atoms with Gasteiger partial charge >= 0.3 is 0 Å². The van der Waals surface area contributed by atoms with Crippen molar-refractivity contribution in [2.45, 2.75) is 12.6 Å². The van der Waals surface area contributed by atoms with Crippen LogP contribution in [0.25, 0.3) is 0 Å². The second-order valence-electron chi connectivity index (χ2n) is 5.57. The van der Waals surface area contributed by atoms with Crippen molar-refractivity contribution in [3.8, 4) is 11.5 Å². The molecule has 6 heteroatoms. The van der Waals surface area contributed by atoms with Crippen LogP contribution in [0.3, 0.4) is 0 Å². The van der Waals surface area contributed by atoms with Crippen molar-refractivity contribution in [3.63, 3.8) is 0 Å². The summed E-state index contributed by atoms with van der Waals surface area (Å²) in [6, 6.07) is 8.67. The van der Waals surface area contributed by atoms with E-state index in [2.05, 4.69) is 0 Å². The number of likely N-dealkylation sites (N-methyl/N-ethyl adjacent to an activating group) is 1. The molecule has 0 bridgehead atoms. The van der Waals surface area contributed by atoms with Crippen LogP contribution in [0.2, 0.25) is 0 Å². The fourth-order valence-electron chi connectivity index (χ4n) is 2.58. The molecule has 0 fully saturated rings. The van der Waals surface area contributed by atoms with Crippen LogP contribution in [-0.2, 0) is 6.54 Å². The zero-order valence-corrected chi connectivity index (χ0v) is 12.6. The minimum atomic E-state index is -1.11. The van der Waals surface area contributed by atoms with E-state index < -0.39 is 17.7 Å². The van der Waals surface area contributed by atoms with Crippen LogP contribution in [0.4, 0.5) is 8.78 Å². The molecular weight excluding hydrogens is 304 g/mol. The van der Waals surface area contributed by atoms with Gasteiger partial charge in [-0.05, 0) is 42.9 Å².